The number of carbonyl (C=O) groups excluding carboxylic acids is 1. The van der Waals surface area contributed by atoms with Crippen LogP contribution in [0.5, 0.6) is 0 Å². The van der Waals surface area contributed by atoms with E-state index in [1.165, 1.54) is 7.11 Å². The number of nitrogens with two attached hydrogens (primary N) is 1. The average molecular weight is 441 g/mol. The lowest BCUT2D eigenvalue weighted by Crippen LogP contribution is -2.37. The summed E-state index contributed by atoms with van der Waals surface area (Å²) in [5, 5.41) is 9.56. The normalized spacial score (nSPS) is 17.4. The Balaban J connectivity index is 1.72. The molecule has 1 atom stereocenters. The summed E-state index contributed by atoms with van der Waals surface area (Å²) < 4.78 is 8.65. The maximum atomic E-state index is 11.6. The van der Waals surface area contributed by atoms with Crippen molar-refractivity contribution >= 4 is 24.0 Å². The first-order valence-corrected chi connectivity index (χ1v) is 10.6. The number of ether oxygens (including phenoxy) is 1. The number of hydrogen-bond donors (Lipinski definition) is 1. The minimum Gasteiger partial charge on any atom is -0.465 e. The number of piperidine rings is 1. The van der Waals surface area contributed by atoms with E-state index in [2.05, 4.69) is 11.0 Å². The predicted octanol–water partition coefficient (Wildman–Crippen LogP) is 2.15. The summed E-state index contributed by atoms with van der Waals surface area (Å²) in [5.74, 6) is 0.400. The minimum atomic E-state index is -0.325. The maximum absolute atomic E-state index is 11.6. The highest BCUT2D eigenvalue weighted by Crippen LogP contribution is 2.19. The monoisotopic (exact) mass is 440 g/mol. The standard InChI is InChI=1S/C22H28N6O2S/c1-26-19(24)18(11-23)20(27(2)22(26)31)25-12-16-5-4-10-28(14-16)13-15-6-8-17(9-7-15)21(29)30-3/h6-9,16H,4-5,10,12-14,24H2,1-3H3. The van der Waals surface area contributed by atoms with Crippen molar-refractivity contribution in [2.24, 2.45) is 25.0 Å². The smallest absolute Gasteiger partial charge is 0.337 e. The Kier molecular flexibility index (Phi) is 7.25. The van der Waals surface area contributed by atoms with Gasteiger partial charge in [0.1, 0.15) is 17.5 Å². The van der Waals surface area contributed by atoms with Gasteiger partial charge < -0.3 is 19.6 Å². The summed E-state index contributed by atoms with van der Waals surface area (Å²) in [5.41, 5.74) is 8.69. The van der Waals surface area contributed by atoms with Crippen LogP contribution in [-0.2, 0) is 25.4 Å². The number of nitrogen functional groups attached to an aromatic ring is 1. The van der Waals surface area contributed by atoms with E-state index in [0.717, 1.165) is 38.0 Å². The highest BCUT2D eigenvalue weighted by molar-refractivity contribution is 7.71. The van der Waals surface area contributed by atoms with Crippen LogP contribution in [-0.4, -0.2) is 46.7 Å². The van der Waals surface area contributed by atoms with Crippen LogP contribution in [0.4, 0.5) is 5.82 Å². The lowest BCUT2D eigenvalue weighted by atomic mass is 9.97. The number of rotatable bonds is 5. The van der Waals surface area contributed by atoms with Crippen molar-refractivity contribution in [2.45, 2.75) is 19.4 Å². The van der Waals surface area contributed by atoms with Crippen LogP contribution >= 0.6 is 12.2 Å². The minimum absolute atomic E-state index is 0.325. The molecule has 1 aromatic carbocycles. The van der Waals surface area contributed by atoms with Gasteiger partial charge in [-0.1, -0.05) is 12.1 Å². The first-order chi connectivity index (χ1) is 14.8. The number of esters is 1. The van der Waals surface area contributed by atoms with Gasteiger partial charge in [0, 0.05) is 33.7 Å². The van der Waals surface area contributed by atoms with Crippen LogP contribution in [0.25, 0.3) is 0 Å². The molecule has 9 heteroatoms. The van der Waals surface area contributed by atoms with Gasteiger partial charge in [0.05, 0.1) is 12.7 Å². The lowest BCUT2D eigenvalue weighted by molar-refractivity contribution is 0.0600. The zero-order valence-electron chi connectivity index (χ0n) is 18.2. The second kappa shape index (κ2) is 9.90. The molecule has 0 radical (unpaired) electrons. The van der Waals surface area contributed by atoms with Gasteiger partial charge in [0.2, 0.25) is 0 Å². The van der Waals surface area contributed by atoms with Gasteiger partial charge in [-0.25, -0.2) is 4.79 Å². The van der Waals surface area contributed by atoms with Crippen molar-refractivity contribution in [3.8, 4) is 6.07 Å². The van der Waals surface area contributed by atoms with E-state index in [1.54, 1.807) is 28.3 Å². The molecule has 1 saturated heterocycles. The van der Waals surface area contributed by atoms with Crippen LogP contribution in [0.2, 0.25) is 0 Å². The van der Waals surface area contributed by atoms with Crippen LogP contribution in [0, 0.1) is 22.0 Å². The Bertz CT molecular complexity index is 1130. The van der Waals surface area contributed by atoms with Crippen LogP contribution < -0.4 is 11.2 Å². The quantitative estimate of drug-likeness (QED) is 0.565. The third-order valence-corrected chi connectivity index (χ3v) is 6.28. The van der Waals surface area contributed by atoms with Crippen LogP contribution in [0.15, 0.2) is 29.3 Å². The molecule has 31 heavy (non-hydrogen) atoms. The second-order valence-corrected chi connectivity index (χ2v) is 8.23. The van der Waals surface area contributed by atoms with Gasteiger partial charge in [-0.05, 0) is 55.2 Å². The van der Waals surface area contributed by atoms with Crippen molar-refractivity contribution in [2.75, 3.05) is 32.5 Å². The van der Waals surface area contributed by atoms with E-state index in [4.69, 9.17) is 27.7 Å². The summed E-state index contributed by atoms with van der Waals surface area (Å²) in [7, 11) is 4.94. The number of hydrogen-bond acceptors (Lipinski definition) is 7. The van der Waals surface area contributed by atoms with Crippen molar-refractivity contribution in [1.29, 1.82) is 5.26 Å². The highest BCUT2D eigenvalue weighted by Gasteiger charge is 2.20. The number of nitriles is 1. The SMILES string of the molecule is COC(=O)c1ccc(CN2CCCC(CN=c3c(C#N)c(N)n(C)c(=S)n3C)C2)cc1. The van der Waals surface area contributed by atoms with Gasteiger partial charge in [0.25, 0.3) is 0 Å². The molecule has 2 aromatic rings. The summed E-state index contributed by atoms with van der Waals surface area (Å²) in [6, 6.07) is 9.71. The number of benzene rings is 1. The Morgan fingerprint density at radius 2 is 2.03 bits per heavy atom. The molecule has 0 saturated carbocycles. The topological polar surface area (TPSA) is 102 Å². The molecule has 0 spiro atoms. The molecule has 1 unspecified atom stereocenters. The first kappa shape index (κ1) is 22.7. The molecule has 1 fully saturated rings. The molecule has 1 aliphatic rings. The third-order valence-electron chi connectivity index (χ3n) is 5.73. The fourth-order valence-corrected chi connectivity index (χ4v) is 4.13. The van der Waals surface area contributed by atoms with Gasteiger partial charge in [-0.3, -0.25) is 9.89 Å². The van der Waals surface area contributed by atoms with E-state index in [9.17, 15) is 10.1 Å². The fourth-order valence-electron chi connectivity index (χ4n) is 3.94. The molecule has 0 amide bonds. The average Bonchev–Trinajstić information content (AvgIpc) is 2.79. The summed E-state index contributed by atoms with van der Waals surface area (Å²) in [6.45, 7) is 3.38. The van der Waals surface area contributed by atoms with E-state index < -0.39 is 0 Å². The number of nitrogens with zero attached hydrogens (tertiary/aromatic N) is 5. The number of carbonyl (C=O) groups is 1. The third kappa shape index (κ3) is 5.03. The number of aromatic nitrogens is 2. The Hall–Kier alpha value is -2.96. The fraction of sp³-hybridized carbons (Fsp3) is 0.455. The Morgan fingerprint density at radius 1 is 1.32 bits per heavy atom. The summed E-state index contributed by atoms with van der Waals surface area (Å²) >= 11 is 5.41. The van der Waals surface area contributed by atoms with Crippen LogP contribution in [0.3, 0.4) is 0 Å². The first-order valence-electron chi connectivity index (χ1n) is 10.2. The largest absolute Gasteiger partial charge is 0.465 e. The molecule has 8 nitrogen and oxygen atoms in total. The number of likely N-dealkylation sites (tertiary alicyclic amines) is 1. The summed E-state index contributed by atoms with van der Waals surface area (Å²) in [6.07, 6.45) is 2.18. The van der Waals surface area contributed by atoms with E-state index in [-0.39, 0.29) is 5.97 Å². The molecule has 164 valence electrons. The Morgan fingerprint density at radius 3 is 2.68 bits per heavy atom. The molecular weight excluding hydrogens is 412 g/mol. The molecule has 1 aromatic heterocycles. The van der Waals surface area contributed by atoms with Crippen molar-refractivity contribution in [3.63, 3.8) is 0 Å². The van der Waals surface area contributed by atoms with Crippen molar-refractivity contribution < 1.29 is 9.53 Å². The lowest BCUT2D eigenvalue weighted by Gasteiger charge is -2.32. The molecule has 2 heterocycles. The van der Waals surface area contributed by atoms with Gasteiger partial charge in [-0.15, -0.1) is 0 Å². The summed E-state index contributed by atoms with van der Waals surface area (Å²) in [4.78, 5) is 18.7. The number of methoxy groups -OCH3 is 1. The van der Waals surface area contributed by atoms with Gasteiger partial charge in [0.15, 0.2) is 10.3 Å². The van der Waals surface area contributed by atoms with Gasteiger partial charge in [-0.2, -0.15) is 5.26 Å². The van der Waals surface area contributed by atoms with Crippen LogP contribution in [0.1, 0.15) is 34.3 Å². The van der Waals surface area contributed by atoms with E-state index in [1.807, 2.05) is 19.2 Å². The maximum Gasteiger partial charge on any atom is 0.337 e. The molecule has 1 aliphatic heterocycles. The highest BCUT2D eigenvalue weighted by atomic mass is 32.1. The van der Waals surface area contributed by atoms with Crippen molar-refractivity contribution in [1.82, 2.24) is 14.0 Å². The molecule has 0 bridgehead atoms. The molecular formula is C22H28N6O2S. The zero-order valence-corrected chi connectivity index (χ0v) is 19.0. The second-order valence-electron chi connectivity index (χ2n) is 7.87. The van der Waals surface area contributed by atoms with E-state index >= 15 is 0 Å². The van der Waals surface area contributed by atoms with Crippen molar-refractivity contribution in [3.05, 3.63) is 51.2 Å². The zero-order chi connectivity index (χ0) is 22.5. The Labute approximate surface area is 187 Å². The molecule has 3 rings (SSSR count). The molecule has 2 N–H and O–H groups in total. The van der Waals surface area contributed by atoms with E-state index in [0.29, 0.717) is 39.7 Å². The predicted molar refractivity (Wildman–Crippen MR) is 121 cm³/mol. The molecule has 0 aliphatic carbocycles. The van der Waals surface area contributed by atoms with Gasteiger partial charge >= 0.3 is 5.97 Å². The number of anilines is 1.